The van der Waals surface area contributed by atoms with Crippen LogP contribution in [0.2, 0.25) is 0 Å². The number of aliphatic hydroxyl groups is 1. The van der Waals surface area contributed by atoms with Gasteiger partial charge in [-0.25, -0.2) is 4.98 Å². The van der Waals surface area contributed by atoms with Crippen molar-refractivity contribution in [3.8, 4) is 0 Å². The lowest BCUT2D eigenvalue weighted by Gasteiger charge is -2.29. The molecule has 45 heavy (non-hydrogen) atoms. The summed E-state index contributed by atoms with van der Waals surface area (Å²) in [5.74, 6) is -0.415. The van der Waals surface area contributed by atoms with E-state index >= 15 is 0 Å². The Hall–Kier alpha value is -3.73. The minimum Gasteiger partial charge on any atom is -0.446 e. The van der Waals surface area contributed by atoms with Gasteiger partial charge in [-0.3, -0.25) is 19.2 Å². The molecule has 1 aromatic heterocycles. The number of hydrogen-bond donors (Lipinski definition) is 4. The molecule has 250 valence electrons. The van der Waals surface area contributed by atoms with Gasteiger partial charge in [0.1, 0.15) is 17.5 Å². The van der Waals surface area contributed by atoms with Gasteiger partial charge in [0, 0.05) is 37.6 Å². The van der Waals surface area contributed by atoms with Crippen LogP contribution in [-0.4, -0.2) is 70.4 Å². The van der Waals surface area contributed by atoms with E-state index in [2.05, 4.69) is 20.9 Å². The van der Waals surface area contributed by atoms with E-state index < -0.39 is 30.0 Å². The van der Waals surface area contributed by atoms with Crippen molar-refractivity contribution in [1.29, 1.82) is 0 Å². The molecule has 0 aliphatic rings. The minimum absolute atomic E-state index is 0.0895. The fourth-order valence-electron chi connectivity index (χ4n) is 4.98. The van der Waals surface area contributed by atoms with Gasteiger partial charge in [-0.1, -0.05) is 54.5 Å². The average molecular weight is 628 g/mol. The van der Waals surface area contributed by atoms with E-state index in [9.17, 15) is 24.3 Å². The van der Waals surface area contributed by atoms with Crippen LogP contribution in [0.25, 0.3) is 0 Å². The number of carbonyl (C=O) groups excluding carboxylic acids is 4. The zero-order valence-electron chi connectivity index (χ0n) is 28.6. The van der Waals surface area contributed by atoms with Crippen LogP contribution in [0, 0.1) is 37.5 Å². The predicted octanol–water partition coefficient (Wildman–Crippen LogP) is 4.01. The molecular formula is C34H53N5O6. The smallest absolute Gasteiger partial charge is 0.253 e. The number of aryl methyl sites for hydroxylation is 2. The first-order chi connectivity index (χ1) is 21.0. The van der Waals surface area contributed by atoms with Gasteiger partial charge in [0.15, 0.2) is 5.89 Å². The number of benzene rings is 1. The van der Waals surface area contributed by atoms with Crippen molar-refractivity contribution in [2.45, 2.75) is 99.9 Å². The highest BCUT2D eigenvalue weighted by Gasteiger charge is 2.30. The number of rotatable bonds is 16. The average Bonchev–Trinajstić information content (AvgIpc) is 3.28. The van der Waals surface area contributed by atoms with E-state index in [-0.39, 0.29) is 54.0 Å². The van der Waals surface area contributed by atoms with Crippen LogP contribution in [-0.2, 0) is 16.1 Å². The third-order valence-electron chi connectivity index (χ3n) is 7.59. The maximum atomic E-state index is 13.4. The second kappa shape index (κ2) is 17.1. The van der Waals surface area contributed by atoms with Crippen LogP contribution in [0.4, 0.5) is 0 Å². The summed E-state index contributed by atoms with van der Waals surface area (Å²) >= 11 is 0. The summed E-state index contributed by atoms with van der Waals surface area (Å²) in [5, 5.41) is 19.8. The first kappa shape index (κ1) is 37.5. The van der Waals surface area contributed by atoms with Gasteiger partial charge < -0.3 is 30.4 Å². The minimum atomic E-state index is -1.02. The number of nitrogens with one attached hydrogen (secondary N) is 3. The van der Waals surface area contributed by atoms with Gasteiger partial charge in [-0.15, -0.1) is 0 Å². The van der Waals surface area contributed by atoms with E-state index in [0.717, 1.165) is 0 Å². The Bertz CT molecular complexity index is 1300. The molecular weight excluding hydrogens is 574 g/mol. The second-order valence-electron chi connectivity index (χ2n) is 13.3. The number of nitrogens with zero attached hydrogens (tertiary/aromatic N) is 2. The Morgan fingerprint density at radius 3 is 2.11 bits per heavy atom. The Morgan fingerprint density at radius 2 is 1.56 bits per heavy atom. The molecule has 11 heteroatoms. The molecule has 0 fully saturated rings. The first-order valence-electron chi connectivity index (χ1n) is 15.8. The molecule has 0 bridgehead atoms. The van der Waals surface area contributed by atoms with E-state index in [1.54, 1.807) is 46.0 Å². The summed E-state index contributed by atoms with van der Waals surface area (Å²) in [5.41, 5.74) is 1.29. The molecule has 2 rings (SSSR count). The maximum Gasteiger partial charge on any atom is 0.253 e. The molecule has 4 N–H and O–H groups in total. The molecule has 4 unspecified atom stereocenters. The molecule has 0 spiro atoms. The molecule has 4 atom stereocenters. The molecule has 2 aromatic rings. The third-order valence-corrected chi connectivity index (χ3v) is 7.59. The lowest BCUT2D eigenvalue weighted by Crippen LogP contribution is -2.52. The van der Waals surface area contributed by atoms with Crippen molar-refractivity contribution in [2.24, 2.45) is 23.7 Å². The molecule has 1 heterocycles. The van der Waals surface area contributed by atoms with E-state index in [0.29, 0.717) is 35.9 Å². The van der Waals surface area contributed by atoms with E-state index in [1.807, 2.05) is 41.5 Å². The molecule has 0 saturated heterocycles. The van der Waals surface area contributed by atoms with Gasteiger partial charge in [-0.05, 0) is 55.7 Å². The van der Waals surface area contributed by atoms with Gasteiger partial charge in [0.2, 0.25) is 11.8 Å². The molecule has 4 amide bonds. The fourth-order valence-corrected chi connectivity index (χ4v) is 4.98. The highest BCUT2D eigenvalue weighted by atomic mass is 16.4. The molecule has 1 aromatic carbocycles. The fraction of sp³-hybridized carbons (Fsp3) is 0.618. The molecule has 0 aliphatic carbocycles. The highest BCUT2D eigenvalue weighted by molar-refractivity contribution is 5.99. The summed E-state index contributed by atoms with van der Waals surface area (Å²) in [6.45, 7) is 17.7. The number of aliphatic hydroxyl groups excluding tert-OH is 1. The van der Waals surface area contributed by atoms with Crippen LogP contribution in [0.3, 0.4) is 0 Å². The van der Waals surface area contributed by atoms with Crippen molar-refractivity contribution in [3.05, 3.63) is 52.7 Å². The number of hydrogen-bond acceptors (Lipinski definition) is 7. The largest absolute Gasteiger partial charge is 0.446 e. The Balaban J connectivity index is 2.09. The molecule has 0 aliphatic heterocycles. The topological polar surface area (TPSA) is 154 Å². The van der Waals surface area contributed by atoms with Crippen molar-refractivity contribution >= 4 is 23.6 Å². The Kier molecular flexibility index (Phi) is 14.2. The zero-order valence-corrected chi connectivity index (χ0v) is 28.6. The second-order valence-corrected chi connectivity index (χ2v) is 13.3. The van der Waals surface area contributed by atoms with Crippen LogP contribution >= 0.6 is 0 Å². The number of aromatic nitrogens is 1. The summed E-state index contributed by atoms with van der Waals surface area (Å²) in [4.78, 5) is 58.1. The van der Waals surface area contributed by atoms with Crippen molar-refractivity contribution in [2.75, 3.05) is 13.6 Å². The number of oxazole rings is 1. The normalized spacial score (nSPS) is 14.2. The van der Waals surface area contributed by atoms with Crippen molar-refractivity contribution < 1.29 is 28.7 Å². The van der Waals surface area contributed by atoms with Gasteiger partial charge in [-0.2, -0.15) is 0 Å². The Labute approximate surface area is 267 Å². The van der Waals surface area contributed by atoms with E-state index in [4.69, 9.17) is 4.42 Å². The van der Waals surface area contributed by atoms with Crippen LogP contribution in [0.15, 0.2) is 28.7 Å². The van der Waals surface area contributed by atoms with Crippen LogP contribution in [0.5, 0.6) is 0 Å². The SMILES string of the molecule is Cc1nc(CN(C)C(=O)c2cccc(C(=O)NC(CC(C)C)C(O)CC(C)C(=O)NC(C(=O)NCC(C)C)C(C)C)c2)c(C)o1. The lowest BCUT2D eigenvalue weighted by atomic mass is 9.91. The number of amides is 4. The Morgan fingerprint density at radius 1 is 0.911 bits per heavy atom. The first-order valence-corrected chi connectivity index (χ1v) is 15.8. The predicted molar refractivity (Wildman–Crippen MR) is 173 cm³/mol. The maximum absolute atomic E-state index is 13.4. The summed E-state index contributed by atoms with van der Waals surface area (Å²) in [6.07, 6.45) is -0.452. The van der Waals surface area contributed by atoms with Crippen molar-refractivity contribution in [1.82, 2.24) is 25.8 Å². The quantitative estimate of drug-likeness (QED) is 0.219. The number of carbonyl (C=O) groups is 4. The van der Waals surface area contributed by atoms with Gasteiger partial charge in [0.25, 0.3) is 11.8 Å². The van der Waals surface area contributed by atoms with Crippen molar-refractivity contribution in [3.63, 3.8) is 0 Å². The lowest BCUT2D eigenvalue weighted by molar-refractivity contribution is -0.132. The standard InChI is InChI=1S/C34H53N5O6/c1-19(2)14-27(29(40)15-22(7)31(41)38-30(21(5)6)33(43)35-17-20(3)4)37-32(42)25-12-11-13-26(16-25)34(44)39(10)18-28-23(8)45-24(9)36-28/h11-13,16,19-22,27,29-30,40H,14-15,17-18H2,1-10H3,(H,35,43)(H,37,42)(H,38,41). The monoisotopic (exact) mass is 627 g/mol. The van der Waals surface area contributed by atoms with Crippen LogP contribution in [0.1, 0.15) is 99.4 Å². The molecule has 0 saturated carbocycles. The molecule has 11 nitrogen and oxygen atoms in total. The summed E-state index contributed by atoms with van der Waals surface area (Å²) < 4.78 is 5.46. The zero-order chi connectivity index (χ0) is 34.0. The van der Waals surface area contributed by atoms with E-state index in [1.165, 1.54) is 11.0 Å². The highest BCUT2D eigenvalue weighted by Crippen LogP contribution is 2.18. The van der Waals surface area contributed by atoms with Crippen LogP contribution < -0.4 is 16.0 Å². The van der Waals surface area contributed by atoms with Gasteiger partial charge in [0.05, 0.1) is 18.7 Å². The molecule has 0 radical (unpaired) electrons. The third kappa shape index (κ3) is 11.6. The summed E-state index contributed by atoms with van der Waals surface area (Å²) in [7, 11) is 1.66. The summed E-state index contributed by atoms with van der Waals surface area (Å²) in [6, 6.07) is 5.10. The van der Waals surface area contributed by atoms with Gasteiger partial charge >= 0.3 is 0 Å².